The van der Waals surface area contributed by atoms with E-state index in [1.807, 2.05) is 24.3 Å². The molecular weight excluding hydrogens is 372 g/mol. The van der Waals surface area contributed by atoms with E-state index in [0.29, 0.717) is 0 Å². The van der Waals surface area contributed by atoms with Crippen LogP contribution >= 0.6 is 0 Å². The fourth-order valence-corrected chi connectivity index (χ4v) is 0.674. The van der Waals surface area contributed by atoms with Gasteiger partial charge in [-0.25, -0.2) is 0 Å². The number of hydrogen-bond donors (Lipinski definition) is 0. The van der Waals surface area contributed by atoms with Gasteiger partial charge in [0, 0.05) is 0 Å². The van der Waals surface area contributed by atoms with E-state index in [-0.39, 0.29) is 0 Å². The Morgan fingerprint density at radius 2 is 0.792 bits per heavy atom. The second kappa shape index (κ2) is 11.8. The zero-order valence-electron chi connectivity index (χ0n) is 12.0. The first-order valence-electron chi connectivity index (χ1n) is 5.55. The van der Waals surface area contributed by atoms with Crippen molar-refractivity contribution in [2.45, 2.75) is 6.92 Å². The van der Waals surface area contributed by atoms with Gasteiger partial charge < -0.3 is 56.5 Å². The van der Waals surface area contributed by atoms with Crippen LogP contribution in [0, 0.1) is 6.92 Å². The Labute approximate surface area is 129 Å². The third-order valence-electron chi connectivity index (χ3n) is 1.26. The van der Waals surface area contributed by atoms with Gasteiger partial charge in [0.15, 0.2) is 0 Å². The molecule has 0 aromatic heterocycles. The first-order chi connectivity index (χ1) is 10.3. The largest absolute Gasteiger partial charge is 0.673 e. The Kier molecular flexibility index (Phi) is 13.4. The highest BCUT2D eigenvalue weighted by Gasteiger charge is 2.21. The van der Waals surface area contributed by atoms with Crippen LogP contribution in [0.4, 0.5) is 51.8 Å². The molecular formula is C8H10B3F12O-3. The first kappa shape index (κ1) is 27.2. The van der Waals surface area contributed by atoms with Crippen molar-refractivity contribution in [1.29, 1.82) is 0 Å². The Bertz CT molecular complexity index is 366. The van der Waals surface area contributed by atoms with Gasteiger partial charge in [0.25, 0.3) is 0 Å². The molecule has 0 spiro atoms. The van der Waals surface area contributed by atoms with Crippen molar-refractivity contribution in [2.75, 3.05) is 7.11 Å². The maximum atomic E-state index is 9.75. The minimum Gasteiger partial charge on any atom is -0.497 e. The highest BCUT2D eigenvalue weighted by molar-refractivity contribution is 6.50. The monoisotopic (exact) mass is 383 g/mol. The van der Waals surface area contributed by atoms with Crippen LogP contribution in [0.25, 0.3) is 0 Å². The molecule has 1 aromatic carbocycles. The second-order valence-electron chi connectivity index (χ2n) is 3.50. The summed E-state index contributed by atoms with van der Waals surface area (Å²) in [6.07, 6.45) is 0. The summed E-state index contributed by atoms with van der Waals surface area (Å²) in [5.41, 5.74) is 1.26. The molecule has 0 atom stereocenters. The van der Waals surface area contributed by atoms with E-state index < -0.39 is 21.8 Å². The lowest BCUT2D eigenvalue weighted by atomic mass is 10.2. The first-order valence-corrected chi connectivity index (χ1v) is 5.55. The van der Waals surface area contributed by atoms with Crippen molar-refractivity contribution < 1.29 is 56.5 Å². The number of benzene rings is 1. The molecule has 0 heterocycles. The molecule has 1 aromatic rings. The molecule has 0 aliphatic rings. The molecule has 0 bridgehead atoms. The van der Waals surface area contributed by atoms with E-state index >= 15 is 0 Å². The van der Waals surface area contributed by atoms with Crippen molar-refractivity contribution >= 4 is 21.8 Å². The number of methoxy groups -OCH3 is 1. The third-order valence-corrected chi connectivity index (χ3v) is 1.26. The van der Waals surface area contributed by atoms with Crippen LogP contribution in [-0.2, 0) is 0 Å². The summed E-state index contributed by atoms with van der Waals surface area (Å²) in [4.78, 5) is 0. The summed E-state index contributed by atoms with van der Waals surface area (Å²) in [6, 6.07) is 7.96. The van der Waals surface area contributed by atoms with E-state index in [2.05, 4.69) is 6.92 Å². The van der Waals surface area contributed by atoms with E-state index in [4.69, 9.17) is 4.74 Å². The van der Waals surface area contributed by atoms with Crippen LogP contribution in [0.5, 0.6) is 5.75 Å². The number of aryl methyl sites for hydroxylation is 1. The van der Waals surface area contributed by atoms with Crippen molar-refractivity contribution in [1.82, 2.24) is 0 Å². The van der Waals surface area contributed by atoms with Gasteiger partial charge in [-0.1, -0.05) is 17.7 Å². The van der Waals surface area contributed by atoms with Gasteiger partial charge in [0.1, 0.15) is 5.75 Å². The molecule has 144 valence electrons. The third kappa shape index (κ3) is 71.1. The van der Waals surface area contributed by atoms with E-state index in [9.17, 15) is 51.8 Å². The summed E-state index contributed by atoms with van der Waals surface area (Å²) in [5, 5.41) is 0. The molecule has 0 fully saturated rings. The van der Waals surface area contributed by atoms with Gasteiger partial charge in [-0.2, -0.15) is 0 Å². The Balaban J connectivity index is -0.000000259. The molecule has 0 aliphatic heterocycles. The molecule has 0 aliphatic carbocycles. The summed E-state index contributed by atoms with van der Waals surface area (Å²) >= 11 is 0. The number of rotatable bonds is 1. The highest BCUT2D eigenvalue weighted by atomic mass is 19.5. The topological polar surface area (TPSA) is 9.23 Å². The fourth-order valence-electron chi connectivity index (χ4n) is 0.674. The maximum absolute atomic E-state index is 9.75. The van der Waals surface area contributed by atoms with E-state index in [1.54, 1.807) is 7.11 Å². The molecule has 0 unspecified atom stereocenters. The molecule has 0 saturated carbocycles. The summed E-state index contributed by atoms with van der Waals surface area (Å²) in [7, 11) is -16.3. The number of halogens is 12. The average molecular weight is 383 g/mol. The van der Waals surface area contributed by atoms with Crippen LogP contribution in [-0.4, -0.2) is 28.9 Å². The Hall–Kier alpha value is -1.63. The molecule has 1 rings (SSSR count). The Morgan fingerprint density at radius 1 is 0.583 bits per heavy atom. The molecule has 1 nitrogen and oxygen atoms in total. The van der Waals surface area contributed by atoms with Crippen LogP contribution in [0.15, 0.2) is 24.3 Å². The average Bonchev–Trinajstić information content (AvgIpc) is 2.23. The van der Waals surface area contributed by atoms with Gasteiger partial charge in [0.2, 0.25) is 0 Å². The van der Waals surface area contributed by atoms with Crippen LogP contribution < -0.4 is 4.74 Å². The molecule has 24 heavy (non-hydrogen) atoms. The minimum atomic E-state index is -6.00. The van der Waals surface area contributed by atoms with Crippen LogP contribution in [0.2, 0.25) is 0 Å². The van der Waals surface area contributed by atoms with E-state index in [1.165, 1.54) is 5.56 Å². The van der Waals surface area contributed by atoms with E-state index in [0.717, 1.165) is 5.75 Å². The minimum absolute atomic E-state index is 0.917. The summed E-state index contributed by atoms with van der Waals surface area (Å²) in [5.74, 6) is 0.917. The predicted molar refractivity (Wildman–Crippen MR) is 68.3 cm³/mol. The lowest BCUT2D eigenvalue weighted by molar-refractivity contribution is 0.366. The number of hydrogen-bond acceptors (Lipinski definition) is 1. The molecule has 0 saturated heterocycles. The van der Waals surface area contributed by atoms with Gasteiger partial charge in [-0.3, -0.25) is 0 Å². The zero-order valence-corrected chi connectivity index (χ0v) is 12.0. The quantitative estimate of drug-likeness (QED) is 0.434. The molecule has 0 N–H and O–H groups in total. The summed E-state index contributed by atoms with van der Waals surface area (Å²) < 4.78 is 122. The number of ether oxygens (including phenoxy) is 1. The SMILES string of the molecule is COc1ccc(C)cc1.F[B-](F)(F)F.F[B-](F)(F)F.F[B-](F)(F)F. The zero-order chi connectivity index (χ0) is 20.2. The van der Waals surface area contributed by atoms with Gasteiger partial charge in [-0.05, 0) is 19.1 Å². The Morgan fingerprint density at radius 3 is 0.958 bits per heavy atom. The van der Waals surface area contributed by atoms with Gasteiger partial charge in [-0.15, -0.1) is 0 Å². The lowest BCUT2D eigenvalue weighted by Crippen LogP contribution is -2.02. The van der Waals surface area contributed by atoms with Crippen LogP contribution in [0.1, 0.15) is 5.56 Å². The lowest BCUT2D eigenvalue weighted by Gasteiger charge is -1.97. The van der Waals surface area contributed by atoms with Crippen molar-refractivity contribution in [3.05, 3.63) is 29.8 Å². The predicted octanol–water partition coefficient (Wildman–Crippen LogP) is 5.90. The smallest absolute Gasteiger partial charge is 0.497 e. The van der Waals surface area contributed by atoms with Gasteiger partial charge in [0.05, 0.1) is 7.11 Å². The van der Waals surface area contributed by atoms with Crippen LogP contribution in [0.3, 0.4) is 0 Å². The molecule has 16 heteroatoms. The van der Waals surface area contributed by atoms with Crippen molar-refractivity contribution in [3.63, 3.8) is 0 Å². The standard InChI is InChI=1S/C8H10O.3BF4/c1-7-3-5-8(9-2)6-4-7;3*2-1(3,4)5/h3-6H,1-2H3;;;/q;3*-1. The molecule has 0 radical (unpaired) electrons. The van der Waals surface area contributed by atoms with Crippen molar-refractivity contribution in [2.24, 2.45) is 0 Å². The fraction of sp³-hybridized carbons (Fsp3) is 0.250. The normalized spacial score (nSPS) is 10.9. The highest BCUT2D eigenvalue weighted by Crippen LogP contribution is 2.09. The summed E-state index contributed by atoms with van der Waals surface area (Å²) in [6.45, 7) is 2.06. The van der Waals surface area contributed by atoms with Crippen molar-refractivity contribution in [3.8, 4) is 5.75 Å². The maximum Gasteiger partial charge on any atom is 0.673 e. The van der Waals surface area contributed by atoms with Gasteiger partial charge >= 0.3 is 21.8 Å². The second-order valence-corrected chi connectivity index (χ2v) is 3.50. The molecule has 0 amide bonds.